The molecule has 0 N–H and O–H groups in total. The molecule has 0 aliphatic heterocycles. The molecule has 6 nitrogen and oxygen atoms in total. The summed E-state index contributed by atoms with van der Waals surface area (Å²) in [6.07, 6.45) is 0. The first kappa shape index (κ1) is 35.1. The van der Waals surface area contributed by atoms with E-state index in [2.05, 4.69) is 31.9 Å². The first-order valence-electron chi connectivity index (χ1n) is 13.1. The van der Waals surface area contributed by atoms with Gasteiger partial charge >= 0.3 is 0 Å². The Labute approximate surface area is 277 Å². The van der Waals surface area contributed by atoms with Crippen molar-refractivity contribution in [1.82, 2.24) is 0 Å². The minimum atomic E-state index is -1.67. The molecule has 0 unspecified atom stereocenters. The number of ether oxygens (including phenoxy) is 6. The quantitative estimate of drug-likeness (QED) is 0.0860. The predicted molar refractivity (Wildman–Crippen MR) is 167 cm³/mol. The Kier molecular flexibility index (Phi) is 10.9. The van der Waals surface area contributed by atoms with E-state index < -0.39 is 34.9 Å². The van der Waals surface area contributed by atoms with Crippen LogP contribution in [0.25, 0.3) is 33.4 Å². The van der Waals surface area contributed by atoms with Crippen LogP contribution in [0.3, 0.4) is 0 Å². The summed E-state index contributed by atoms with van der Waals surface area (Å²) >= 11 is 6.93. The van der Waals surface area contributed by atoms with E-state index in [1.807, 2.05) is 0 Å². The molecule has 0 radical (unpaired) electrons. The Balaban J connectivity index is 2.38. The largest absolute Gasteiger partial charge is 0.492 e. The van der Waals surface area contributed by atoms with Crippen LogP contribution in [0.4, 0.5) is 26.3 Å². The zero-order chi connectivity index (χ0) is 34.0. The van der Waals surface area contributed by atoms with Gasteiger partial charge in [0.15, 0.2) is 57.9 Å². The smallest absolute Gasteiger partial charge is 0.204 e. The SMILES string of the molecule is COc1c(OC)c(-c2cc(F)c(F)c(F)c2)c(CBr)c(-c2c(CBr)c(-c3cc(F)c(F)c(F)c3)c(OC)c(OC)c2OC)c1OC. The second-order valence-electron chi connectivity index (χ2n) is 9.43. The first-order chi connectivity index (χ1) is 22.0. The van der Waals surface area contributed by atoms with Gasteiger partial charge in [0.05, 0.1) is 42.7 Å². The van der Waals surface area contributed by atoms with Crippen molar-refractivity contribution >= 4 is 31.9 Å². The number of hydrogen-bond acceptors (Lipinski definition) is 6. The molecular weight excluding hydrogens is 754 g/mol. The predicted octanol–water partition coefficient (Wildman–Crippen LogP) is 9.36. The molecule has 46 heavy (non-hydrogen) atoms. The highest BCUT2D eigenvalue weighted by atomic mass is 79.9. The lowest BCUT2D eigenvalue weighted by Gasteiger charge is -2.28. The van der Waals surface area contributed by atoms with Gasteiger partial charge < -0.3 is 28.4 Å². The molecule has 0 bridgehead atoms. The van der Waals surface area contributed by atoms with E-state index in [4.69, 9.17) is 28.4 Å². The minimum absolute atomic E-state index is 0.00862. The van der Waals surface area contributed by atoms with Gasteiger partial charge in [-0.2, -0.15) is 0 Å². The second-order valence-corrected chi connectivity index (χ2v) is 10.6. The topological polar surface area (TPSA) is 55.4 Å². The van der Waals surface area contributed by atoms with Crippen molar-refractivity contribution in [3.63, 3.8) is 0 Å². The third kappa shape index (κ3) is 5.70. The molecule has 0 amide bonds. The van der Waals surface area contributed by atoms with Gasteiger partial charge in [-0.1, -0.05) is 31.9 Å². The van der Waals surface area contributed by atoms with Crippen molar-refractivity contribution in [2.75, 3.05) is 42.7 Å². The van der Waals surface area contributed by atoms with E-state index >= 15 is 0 Å². The maximum atomic E-state index is 14.6. The van der Waals surface area contributed by atoms with Crippen LogP contribution in [-0.2, 0) is 10.7 Å². The Morgan fingerprint density at radius 1 is 0.413 bits per heavy atom. The maximum Gasteiger partial charge on any atom is 0.204 e. The summed E-state index contributed by atoms with van der Waals surface area (Å²) in [6.45, 7) is 0. The van der Waals surface area contributed by atoms with Gasteiger partial charge in [0.2, 0.25) is 11.5 Å². The summed E-state index contributed by atoms with van der Waals surface area (Å²) in [4.78, 5) is 0. The van der Waals surface area contributed by atoms with E-state index in [0.29, 0.717) is 0 Å². The van der Waals surface area contributed by atoms with Gasteiger partial charge in [-0.3, -0.25) is 0 Å². The number of rotatable bonds is 11. The molecule has 0 spiro atoms. The summed E-state index contributed by atoms with van der Waals surface area (Å²) in [5.74, 6) is -9.13. The lowest BCUT2D eigenvalue weighted by Crippen LogP contribution is -2.08. The first-order valence-corrected chi connectivity index (χ1v) is 15.4. The van der Waals surface area contributed by atoms with E-state index in [1.165, 1.54) is 42.7 Å². The van der Waals surface area contributed by atoms with Crippen molar-refractivity contribution in [2.24, 2.45) is 0 Å². The number of halogens is 8. The third-order valence-electron chi connectivity index (χ3n) is 7.23. The summed E-state index contributed by atoms with van der Waals surface area (Å²) in [7, 11) is 7.88. The van der Waals surface area contributed by atoms with E-state index in [0.717, 1.165) is 24.3 Å². The molecule has 4 rings (SSSR count). The normalized spacial score (nSPS) is 11.0. The molecule has 14 heteroatoms. The van der Waals surface area contributed by atoms with Crippen molar-refractivity contribution in [3.05, 3.63) is 70.3 Å². The molecular formula is C32H26Br2F6O6. The van der Waals surface area contributed by atoms with Crippen molar-refractivity contribution < 1.29 is 54.8 Å². The molecule has 0 fully saturated rings. The van der Waals surface area contributed by atoms with Gasteiger partial charge in [-0.25, -0.2) is 26.3 Å². The van der Waals surface area contributed by atoms with Crippen LogP contribution in [0.15, 0.2) is 24.3 Å². The van der Waals surface area contributed by atoms with Crippen LogP contribution >= 0.6 is 31.9 Å². The lowest BCUT2D eigenvalue weighted by molar-refractivity contribution is 0.322. The number of hydrogen-bond donors (Lipinski definition) is 0. The zero-order valence-corrected chi connectivity index (χ0v) is 28.4. The number of methoxy groups -OCH3 is 6. The van der Waals surface area contributed by atoms with Gasteiger partial charge in [0.25, 0.3) is 0 Å². The Hall–Kier alpha value is -3.78. The third-order valence-corrected chi connectivity index (χ3v) is 8.35. The highest BCUT2D eigenvalue weighted by Gasteiger charge is 2.35. The summed E-state index contributed by atoms with van der Waals surface area (Å²) in [5.41, 5.74) is 0.915. The van der Waals surface area contributed by atoms with Crippen molar-refractivity contribution in [1.29, 1.82) is 0 Å². The summed E-state index contributed by atoms with van der Waals surface area (Å²) in [5, 5.41) is -0.0489. The average Bonchev–Trinajstić information content (AvgIpc) is 3.05. The fourth-order valence-electron chi connectivity index (χ4n) is 5.41. The average molecular weight is 780 g/mol. The van der Waals surface area contributed by atoms with Gasteiger partial charge in [-0.15, -0.1) is 0 Å². The van der Waals surface area contributed by atoms with E-state index in [1.54, 1.807) is 0 Å². The second kappa shape index (κ2) is 14.3. The molecule has 0 atom stereocenters. The van der Waals surface area contributed by atoms with Crippen LogP contribution < -0.4 is 28.4 Å². The fourth-order valence-corrected chi connectivity index (χ4v) is 6.54. The molecule has 246 valence electrons. The molecule has 0 aliphatic rings. The van der Waals surface area contributed by atoms with Crippen LogP contribution in [0.5, 0.6) is 34.5 Å². The van der Waals surface area contributed by atoms with Crippen molar-refractivity contribution in [3.8, 4) is 67.9 Å². The molecule has 0 heterocycles. The lowest BCUT2D eigenvalue weighted by atomic mass is 9.84. The number of alkyl halides is 2. The Morgan fingerprint density at radius 3 is 0.870 bits per heavy atom. The van der Waals surface area contributed by atoms with Gasteiger partial charge in [-0.05, 0) is 46.5 Å². The highest BCUT2D eigenvalue weighted by Crippen LogP contribution is 2.60. The molecule has 0 aliphatic carbocycles. The van der Waals surface area contributed by atoms with Gasteiger partial charge in [0, 0.05) is 32.9 Å². The molecule has 4 aromatic rings. The van der Waals surface area contributed by atoms with Crippen LogP contribution in [0.2, 0.25) is 0 Å². The van der Waals surface area contributed by atoms with E-state index in [-0.39, 0.29) is 89.7 Å². The minimum Gasteiger partial charge on any atom is -0.492 e. The van der Waals surface area contributed by atoms with Crippen LogP contribution in [-0.4, -0.2) is 42.7 Å². The van der Waals surface area contributed by atoms with Crippen LogP contribution in [0, 0.1) is 34.9 Å². The van der Waals surface area contributed by atoms with Crippen molar-refractivity contribution in [2.45, 2.75) is 10.7 Å². The molecule has 4 aromatic carbocycles. The monoisotopic (exact) mass is 778 g/mol. The van der Waals surface area contributed by atoms with Gasteiger partial charge in [0.1, 0.15) is 0 Å². The summed E-state index contributed by atoms with van der Waals surface area (Å²) in [6, 6.07) is 3.19. The highest BCUT2D eigenvalue weighted by molar-refractivity contribution is 9.08. The Bertz CT molecular complexity index is 1640. The fraction of sp³-hybridized carbons (Fsp3) is 0.250. The zero-order valence-electron chi connectivity index (χ0n) is 25.2. The van der Waals surface area contributed by atoms with Crippen LogP contribution in [0.1, 0.15) is 11.1 Å². The molecule has 0 saturated heterocycles. The van der Waals surface area contributed by atoms with E-state index in [9.17, 15) is 26.3 Å². The summed E-state index contributed by atoms with van der Waals surface area (Å²) < 4.78 is 121. The standard InChI is InChI=1S/C32H26Br2F6O6/c1-41-27-21(13-7-17(35)25(39)18(36)8-13)15(11-33)23(29(43-3)31(27)45-5)24-16(12-34)22(14-9-19(37)26(40)20(38)10-14)28(42-2)32(46-6)30(24)44-4/h7-10H,11-12H2,1-6H3. The molecule has 0 saturated carbocycles. The Morgan fingerprint density at radius 2 is 0.652 bits per heavy atom. The molecule has 0 aromatic heterocycles. The number of benzene rings is 4. The maximum absolute atomic E-state index is 14.6.